The third-order valence-electron chi connectivity index (χ3n) is 12.9. The van der Waals surface area contributed by atoms with Crippen LogP contribution < -0.4 is 0 Å². The van der Waals surface area contributed by atoms with Crippen LogP contribution in [0.2, 0.25) is 0 Å². The van der Waals surface area contributed by atoms with E-state index in [4.69, 9.17) is 23.3 Å². The number of aliphatic hydroxyl groups is 1. The number of unbranched alkanes of at least 4 members (excludes halogenated alkanes) is 29. The molecular weight excluding hydrogens is 952 g/mol. The maximum absolute atomic E-state index is 12.9. The van der Waals surface area contributed by atoms with Gasteiger partial charge in [0, 0.05) is 19.3 Å². The molecule has 0 aromatic rings. The maximum atomic E-state index is 12.9. The van der Waals surface area contributed by atoms with Gasteiger partial charge in [-0.3, -0.25) is 23.4 Å². The molecule has 11 nitrogen and oxygen atoms in total. The summed E-state index contributed by atoms with van der Waals surface area (Å²) in [6.45, 7) is 4.52. The Hall–Kier alpha value is -2.82. The molecule has 74 heavy (non-hydrogen) atoms. The molecule has 12 heteroatoms. The number of aliphatic hydroxyl groups excluding tert-OH is 1. The highest BCUT2D eigenvalue weighted by Crippen LogP contribution is 2.43. The van der Waals surface area contributed by atoms with E-state index in [0.717, 1.165) is 103 Å². The zero-order chi connectivity index (χ0) is 54.1. The first-order valence-electron chi connectivity index (χ1n) is 30.2. The Balaban J connectivity index is 4.65. The number of phosphoric acid groups is 1. The van der Waals surface area contributed by atoms with Crippen molar-refractivity contribution in [3.8, 4) is 0 Å². The zero-order valence-corrected chi connectivity index (χ0v) is 48.5. The third-order valence-corrected chi connectivity index (χ3v) is 13.9. The second kappa shape index (κ2) is 56.4. The summed E-state index contributed by atoms with van der Waals surface area (Å²) in [4.78, 5) is 48.6. The normalized spacial score (nSPS) is 13.7. The molecule has 3 unspecified atom stereocenters. The minimum atomic E-state index is -4.75. The van der Waals surface area contributed by atoms with Crippen LogP contribution in [0.1, 0.15) is 278 Å². The molecule has 0 radical (unpaired) electrons. The van der Waals surface area contributed by atoms with Gasteiger partial charge in [-0.15, -0.1) is 0 Å². The van der Waals surface area contributed by atoms with Crippen LogP contribution in [0.4, 0.5) is 0 Å². The number of phosphoric ester groups is 1. The molecule has 0 fully saturated rings. The fourth-order valence-electron chi connectivity index (χ4n) is 8.34. The van der Waals surface area contributed by atoms with Gasteiger partial charge in [-0.25, -0.2) is 4.57 Å². The topological polar surface area (TPSA) is 155 Å². The summed E-state index contributed by atoms with van der Waals surface area (Å²) >= 11 is 0. The van der Waals surface area contributed by atoms with E-state index in [1.165, 1.54) is 116 Å². The second-order valence-electron chi connectivity index (χ2n) is 20.1. The first-order chi connectivity index (χ1) is 36.2. The summed E-state index contributed by atoms with van der Waals surface area (Å²) in [5, 5.41) is 9.83. The summed E-state index contributed by atoms with van der Waals surface area (Å²) in [5.74, 6) is -1.47. The quantitative estimate of drug-likeness (QED) is 0.0197. The van der Waals surface area contributed by atoms with E-state index < -0.39 is 57.8 Å². The summed E-state index contributed by atoms with van der Waals surface area (Å²) in [6, 6.07) is 0. The van der Waals surface area contributed by atoms with E-state index in [1.54, 1.807) is 0 Å². The van der Waals surface area contributed by atoms with E-state index in [0.29, 0.717) is 19.3 Å². The summed E-state index contributed by atoms with van der Waals surface area (Å²) in [5.41, 5.74) is 0. The third kappa shape index (κ3) is 54.0. The molecule has 0 amide bonds. The largest absolute Gasteiger partial charge is 0.472 e. The van der Waals surface area contributed by atoms with Crippen LogP contribution in [0.15, 0.2) is 60.8 Å². The van der Waals surface area contributed by atoms with Gasteiger partial charge in [-0.2, -0.15) is 0 Å². The number of hydrogen-bond acceptors (Lipinski definition) is 10. The molecule has 2 N–H and O–H groups in total. The van der Waals surface area contributed by atoms with Gasteiger partial charge in [0.15, 0.2) is 6.10 Å². The monoisotopic (exact) mass is 1060 g/mol. The van der Waals surface area contributed by atoms with Gasteiger partial charge in [0.05, 0.1) is 19.8 Å². The first-order valence-corrected chi connectivity index (χ1v) is 31.7. The van der Waals surface area contributed by atoms with Gasteiger partial charge in [0.1, 0.15) is 12.7 Å². The van der Waals surface area contributed by atoms with Crippen LogP contribution in [0, 0.1) is 0 Å². The number of esters is 3. The highest BCUT2D eigenvalue weighted by molar-refractivity contribution is 7.47. The van der Waals surface area contributed by atoms with Gasteiger partial charge in [0.25, 0.3) is 0 Å². The van der Waals surface area contributed by atoms with Crippen LogP contribution in [-0.4, -0.2) is 66.5 Å². The Bertz CT molecular complexity index is 1470. The first kappa shape index (κ1) is 71.2. The van der Waals surface area contributed by atoms with Crippen molar-refractivity contribution in [3.63, 3.8) is 0 Å². The molecule has 0 heterocycles. The van der Waals surface area contributed by atoms with Gasteiger partial charge in [-0.1, -0.05) is 236 Å². The fraction of sp³-hybridized carbons (Fsp3) is 0.790. The lowest BCUT2D eigenvalue weighted by atomic mass is 10.1. The van der Waals surface area contributed by atoms with Gasteiger partial charge in [-0.05, 0) is 83.5 Å². The molecule has 0 rings (SSSR count). The average molecular weight is 1060 g/mol. The molecule has 3 atom stereocenters. The van der Waals surface area contributed by atoms with E-state index >= 15 is 0 Å². The van der Waals surface area contributed by atoms with Crippen LogP contribution >= 0.6 is 7.82 Å². The molecule has 0 aromatic heterocycles. The lowest BCUT2D eigenvalue weighted by molar-refractivity contribution is -0.161. The molecule has 430 valence electrons. The van der Waals surface area contributed by atoms with E-state index in [-0.39, 0.29) is 25.9 Å². The smallest absolute Gasteiger partial charge is 0.462 e. The van der Waals surface area contributed by atoms with Crippen LogP contribution in [0.5, 0.6) is 0 Å². The molecule has 0 aliphatic carbocycles. The molecule has 0 spiro atoms. The number of carbonyl (C=O) groups excluding carboxylic acids is 3. The summed E-state index contributed by atoms with van der Waals surface area (Å²) < 4.78 is 39.6. The van der Waals surface area contributed by atoms with Crippen molar-refractivity contribution in [1.82, 2.24) is 0 Å². The number of rotatable bonds is 56. The molecular formula is C62H111O11P. The fourth-order valence-corrected chi connectivity index (χ4v) is 9.13. The van der Waals surface area contributed by atoms with Crippen molar-refractivity contribution in [3.05, 3.63) is 60.8 Å². The number of allylic oxidation sites excluding steroid dienone is 10. The Labute approximate surface area is 453 Å². The molecule has 0 aliphatic heterocycles. The van der Waals surface area contributed by atoms with Crippen LogP contribution in [0.25, 0.3) is 0 Å². The Morgan fingerprint density at radius 1 is 0.392 bits per heavy atom. The van der Waals surface area contributed by atoms with Crippen molar-refractivity contribution in [2.24, 2.45) is 0 Å². The highest BCUT2D eigenvalue weighted by Gasteiger charge is 2.28. The Morgan fingerprint density at radius 2 is 0.703 bits per heavy atom. The molecule has 0 bridgehead atoms. The van der Waals surface area contributed by atoms with Gasteiger partial charge < -0.3 is 24.2 Å². The Morgan fingerprint density at radius 3 is 1.11 bits per heavy atom. The second-order valence-corrected chi connectivity index (χ2v) is 21.6. The van der Waals surface area contributed by atoms with Crippen LogP contribution in [0.3, 0.4) is 0 Å². The van der Waals surface area contributed by atoms with Crippen molar-refractivity contribution in [2.45, 2.75) is 290 Å². The molecule has 0 aliphatic rings. The highest BCUT2D eigenvalue weighted by atomic mass is 31.2. The zero-order valence-electron chi connectivity index (χ0n) is 47.6. The van der Waals surface area contributed by atoms with E-state index in [9.17, 15) is 28.9 Å². The maximum Gasteiger partial charge on any atom is 0.472 e. The average Bonchev–Trinajstić information content (AvgIpc) is 3.39. The summed E-state index contributed by atoms with van der Waals surface area (Å²) in [6.07, 6.45) is 61.7. The van der Waals surface area contributed by atoms with Gasteiger partial charge in [0.2, 0.25) is 0 Å². The van der Waals surface area contributed by atoms with Crippen LogP contribution in [-0.2, 0) is 42.2 Å². The Kier molecular flexibility index (Phi) is 54.2. The number of hydrogen-bond donors (Lipinski definition) is 2. The van der Waals surface area contributed by atoms with Crippen molar-refractivity contribution in [1.29, 1.82) is 0 Å². The minimum absolute atomic E-state index is 0.164. The molecule has 0 saturated heterocycles. The lowest BCUT2D eigenvalue weighted by Crippen LogP contribution is -2.30. The SMILES string of the molecule is CC/C=C\C/C=C\C/C=C\CCCCCCCCCC(=O)OC(CO)COP(=O)(O)OCC(COC(=O)CCCCCCCCCCCCC)OC(=O)CCCCCCCCCCC/C=C\C/C=C\CCCCC. The van der Waals surface area contributed by atoms with E-state index in [2.05, 4.69) is 81.5 Å². The van der Waals surface area contributed by atoms with E-state index in [1.807, 2.05) is 0 Å². The van der Waals surface area contributed by atoms with Crippen molar-refractivity contribution >= 4 is 25.7 Å². The number of carbonyl (C=O) groups is 3. The molecule has 0 aromatic carbocycles. The predicted octanol–water partition coefficient (Wildman–Crippen LogP) is 17.9. The summed E-state index contributed by atoms with van der Waals surface area (Å²) in [7, 11) is -4.75. The minimum Gasteiger partial charge on any atom is -0.462 e. The molecule has 0 saturated carbocycles. The lowest BCUT2D eigenvalue weighted by Gasteiger charge is -2.21. The number of ether oxygens (including phenoxy) is 3. The standard InChI is InChI=1S/C62H111O11P/c1-4-7-10-13-16-19-22-24-26-28-29-31-33-35-38-41-44-47-50-53-62(66)73-59(55-69-60(64)51-48-45-42-39-36-21-18-15-12-9-6-3)57-71-74(67,68)70-56-58(54-63)72-61(65)52-49-46-43-40-37-34-32-30-27-25-23-20-17-14-11-8-5-2/h8,11,16-17,19-20,24-27,58-59,63H,4-7,9-10,12-15,18,21-23,28-57H2,1-3H3,(H,67,68)/b11-8-,19-16-,20-17-,26-24-,27-25-. The van der Waals surface area contributed by atoms with Gasteiger partial charge >= 0.3 is 25.7 Å². The van der Waals surface area contributed by atoms with Crippen molar-refractivity contribution in [2.75, 3.05) is 26.4 Å². The van der Waals surface area contributed by atoms with Crippen molar-refractivity contribution < 1.29 is 52.2 Å². The predicted molar refractivity (Wildman–Crippen MR) is 307 cm³/mol.